The van der Waals surface area contributed by atoms with Gasteiger partial charge < -0.3 is 10.2 Å². The van der Waals surface area contributed by atoms with Crippen molar-refractivity contribution in [3.05, 3.63) is 48.2 Å². The van der Waals surface area contributed by atoms with E-state index in [0.717, 1.165) is 17.7 Å². The third-order valence-electron chi connectivity index (χ3n) is 2.71. The minimum absolute atomic E-state index is 0.0795. The smallest absolute Gasteiger partial charge is 0.238 e. The van der Waals surface area contributed by atoms with E-state index in [4.69, 9.17) is 15.3 Å². The van der Waals surface area contributed by atoms with Crippen molar-refractivity contribution >= 4 is 16.1 Å². The predicted molar refractivity (Wildman–Crippen MR) is 78.2 cm³/mol. The van der Waals surface area contributed by atoms with Gasteiger partial charge in [0.05, 0.1) is 4.90 Å². The van der Waals surface area contributed by atoms with E-state index < -0.39 is 10.0 Å². The standard InChI is InChI=1S/C14H16N2O3S/c15-10-2-1-3-12-6-9-14(19-12)11-4-7-13(8-5-11)20(16,17)18/h1,3-9H,2,10,15H2,(H2,16,17,18). The van der Waals surface area contributed by atoms with Gasteiger partial charge in [0.25, 0.3) is 0 Å². The third kappa shape index (κ3) is 3.57. The second-order valence-corrected chi connectivity index (χ2v) is 5.81. The summed E-state index contributed by atoms with van der Waals surface area (Å²) >= 11 is 0. The molecule has 0 aliphatic rings. The van der Waals surface area contributed by atoms with Crippen LogP contribution in [0.4, 0.5) is 0 Å². The van der Waals surface area contributed by atoms with Crippen LogP contribution in [0, 0.1) is 0 Å². The highest BCUT2D eigenvalue weighted by atomic mass is 32.2. The molecule has 0 aliphatic heterocycles. The van der Waals surface area contributed by atoms with Crippen molar-refractivity contribution in [2.75, 3.05) is 6.54 Å². The Balaban J connectivity index is 2.20. The summed E-state index contributed by atoms with van der Waals surface area (Å²) in [5.74, 6) is 1.39. The van der Waals surface area contributed by atoms with E-state index in [2.05, 4.69) is 0 Å². The molecule has 0 aliphatic carbocycles. The van der Waals surface area contributed by atoms with Gasteiger partial charge in [-0.1, -0.05) is 6.08 Å². The predicted octanol–water partition coefficient (Wildman–Crippen LogP) is 1.96. The summed E-state index contributed by atoms with van der Waals surface area (Å²) < 4.78 is 28.0. The molecule has 20 heavy (non-hydrogen) atoms. The molecule has 0 fully saturated rings. The molecule has 0 amide bonds. The van der Waals surface area contributed by atoms with E-state index in [9.17, 15) is 8.42 Å². The van der Waals surface area contributed by atoms with Crippen LogP contribution in [0.15, 0.2) is 51.8 Å². The molecule has 6 heteroatoms. The highest BCUT2D eigenvalue weighted by molar-refractivity contribution is 7.89. The Labute approximate surface area is 117 Å². The van der Waals surface area contributed by atoms with Crippen LogP contribution in [0.5, 0.6) is 0 Å². The molecule has 0 unspecified atom stereocenters. The van der Waals surface area contributed by atoms with Crippen molar-refractivity contribution in [2.45, 2.75) is 11.3 Å². The first-order valence-corrected chi connectivity index (χ1v) is 7.65. The van der Waals surface area contributed by atoms with Crippen LogP contribution in [0.1, 0.15) is 12.2 Å². The van der Waals surface area contributed by atoms with Gasteiger partial charge in [0.2, 0.25) is 10.0 Å². The van der Waals surface area contributed by atoms with Crippen molar-refractivity contribution in [1.29, 1.82) is 0 Å². The zero-order valence-corrected chi connectivity index (χ0v) is 11.6. The molecule has 1 aromatic heterocycles. The topological polar surface area (TPSA) is 99.3 Å². The molecule has 4 N–H and O–H groups in total. The molecule has 2 rings (SSSR count). The van der Waals surface area contributed by atoms with Gasteiger partial charge in [-0.05, 0) is 55.4 Å². The van der Waals surface area contributed by atoms with E-state index in [1.54, 1.807) is 12.1 Å². The molecule has 1 aromatic carbocycles. The number of furan rings is 1. The summed E-state index contributed by atoms with van der Waals surface area (Å²) in [5, 5.41) is 5.05. The average Bonchev–Trinajstić information content (AvgIpc) is 2.87. The first-order chi connectivity index (χ1) is 9.50. The summed E-state index contributed by atoms with van der Waals surface area (Å²) in [7, 11) is -3.67. The lowest BCUT2D eigenvalue weighted by atomic mass is 10.2. The van der Waals surface area contributed by atoms with Gasteiger partial charge in [-0.15, -0.1) is 0 Å². The Hall–Kier alpha value is -1.89. The van der Waals surface area contributed by atoms with Crippen LogP contribution in [-0.4, -0.2) is 15.0 Å². The van der Waals surface area contributed by atoms with E-state index >= 15 is 0 Å². The lowest BCUT2D eigenvalue weighted by Crippen LogP contribution is -2.11. The van der Waals surface area contributed by atoms with Gasteiger partial charge in [0.15, 0.2) is 0 Å². The maximum Gasteiger partial charge on any atom is 0.238 e. The fourth-order valence-corrected chi connectivity index (χ4v) is 2.22. The Bertz CT molecular complexity index is 700. The van der Waals surface area contributed by atoms with Crippen LogP contribution in [0.3, 0.4) is 0 Å². The SMILES string of the molecule is NCCC=Cc1ccc(-c2ccc(S(N)(=O)=O)cc2)o1. The second kappa shape index (κ2) is 6.04. The number of hydrogen-bond acceptors (Lipinski definition) is 4. The molecule has 0 spiro atoms. The first-order valence-electron chi connectivity index (χ1n) is 6.10. The van der Waals surface area contributed by atoms with Crippen LogP contribution in [0.2, 0.25) is 0 Å². The number of benzene rings is 1. The molecule has 0 atom stereocenters. The lowest BCUT2D eigenvalue weighted by Gasteiger charge is -2.00. The molecular weight excluding hydrogens is 276 g/mol. The number of sulfonamides is 1. The number of primary sulfonamides is 1. The van der Waals surface area contributed by atoms with Gasteiger partial charge >= 0.3 is 0 Å². The largest absolute Gasteiger partial charge is 0.457 e. The Kier molecular flexibility index (Phi) is 4.39. The molecule has 0 bridgehead atoms. The fourth-order valence-electron chi connectivity index (χ4n) is 1.70. The number of nitrogens with two attached hydrogens (primary N) is 2. The summed E-state index contributed by atoms with van der Waals surface area (Å²) in [6.45, 7) is 0.596. The molecule has 106 valence electrons. The monoisotopic (exact) mass is 292 g/mol. The maximum atomic E-state index is 11.2. The molecular formula is C14H16N2O3S. The maximum absolute atomic E-state index is 11.2. The van der Waals surface area contributed by atoms with Crippen molar-refractivity contribution in [2.24, 2.45) is 10.9 Å². The summed E-state index contributed by atoms with van der Waals surface area (Å²) in [5.41, 5.74) is 6.18. The minimum atomic E-state index is -3.67. The Morgan fingerprint density at radius 2 is 1.80 bits per heavy atom. The van der Waals surface area contributed by atoms with Crippen LogP contribution in [0.25, 0.3) is 17.4 Å². The van der Waals surface area contributed by atoms with Crippen LogP contribution >= 0.6 is 0 Å². The van der Waals surface area contributed by atoms with Crippen molar-refractivity contribution in [1.82, 2.24) is 0 Å². The van der Waals surface area contributed by atoms with Crippen LogP contribution in [-0.2, 0) is 10.0 Å². The second-order valence-electron chi connectivity index (χ2n) is 4.25. The number of hydrogen-bond donors (Lipinski definition) is 2. The van der Waals surface area contributed by atoms with Crippen molar-refractivity contribution < 1.29 is 12.8 Å². The van der Waals surface area contributed by atoms with E-state index in [1.807, 2.05) is 24.3 Å². The third-order valence-corrected chi connectivity index (χ3v) is 3.64. The van der Waals surface area contributed by atoms with Crippen molar-refractivity contribution in [3.63, 3.8) is 0 Å². The van der Waals surface area contributed by atoms with Gasteiger partial charge in [0, 0.05) is 5.56 Å². The van der Waals surface area contributed by atoms with Gasteiger partial charge in [-0.25, -0.2) is 13.6 Å². The quantitative estimate of drug-likeness (QED) is 0.879. The minimum Gasteiger partial charge on any atom is -0.457 e. The molecule has 0 radical (unpaired) electrons. The van der Waals surface area contributed by atoms with E-state index in [-0.39, 0.29) is 4.90 Å². The lowest BCUT2D eigenvalue weighted by molar-refractivity contribution is 0.571. The molecule has 0 saturated carbocycles. The normalized spacial score (nSPS) is 12.1. The molecule has 0 saturated heterocycles. The fraction of sp³-hybridized carbons (Fsp3) is 0.143. The highest BCUT2D eigenvalue weighted by Crippen LogP contribution is 2.24. The average molecular weight is 292 g/mol. The van der Waals surface area contributed by atoms with Gasteiger partial charge in [0.1, 0.15) is 11.5 Å². The number of rotatable bonds is 5. The first kappa shape index (κ1) is 14.5. The van der Waals surface area contributed by atoms with Crippen molar-refractivity contribution in [3.8, 4) is 11.3 Å². The molecule has 1 heterocycles. The summed E-state index contributed by atoms with van der Waals surface area (Å²) in [6.07, 6.45) is 4.58. The zero-order valence-electron chi connectivity index (χ0n) is 10.8. The van der Waals surface area contributed by atoms with Gasteiger partial charge in [-0.3, -0.25) is 0 Å². The molecule has 2 aromatic rings. The summed E-state index contributed by atoms with van der Waals surface area (Å²) in [6, 6.07) is 9.90. The highest BCUT2D eigenvalue weighted by Gasteiger charge is 2.08. The molecule has 5 nitrogen and oxygen atoms in total. The van der Waals surface area contributed by atoms with Gasteiger partial charge in [-0.2, -0.15) is 0 Å². The van der Waals surface area contributed by atoms with E-state index in [1.165, 1.54) is 12.1 Å². The summed E-state index contributed by atoms with van der Waals surface area (Å²) in [4.78, 5) is 0.0795. The van der Waals surface area contributed by atoms with Crippen LogP contribution < -0.4 is 10.9 Å². The Morgan fingerprint density at radius 3 is 2.40 bits per heavy atom. The van der Waals surface area contributed by atoms with E-state index in [0.29, 0.717) is 12.3 Å². The Morgan fingerprint density at radius 1 is 1.10 bits per heavy atom. The zero-order chi connectivity index (χ0) is 14.6.